The number of benzene rings is 3. The molecule has 0 bridgehead atoms. The Hall–Kier alpha value is -3.47. The van der Waals surface area contributed by atoms with Gasteiger partial charge in [-0.15, -0.1) is 0 Å². The minimum Gasteiger partial charge on any atom is -0.494 e. The second kappa shape index (κ2) is 13.1. The van der Waals surface area contributed by atoms with Gasteiger partial charge in [0.2, 0.25) is 5.91 Å². The highest BCUT2D eigenvalue weighted by Crippen LogP contribution is 2.22. The molecule has 5 nitrogen and oxygen atoms in total. The fourth-order valence-corrected chi connectivity index (χ4v) is 3.18. The molecule has 3 rings (SSSR count). The van der Waals surface area contributed by atoms with E-state index >= 15 is 0 Å². The molecule has 0 spiro atoms. The number of carbonyl (C=O) groups is 1. The molecule has 32 heavy (non-hydrogen) atoms. The van der Waals surface area contributed by atoms with E-state index < -0.39 is 0 Å². The first-order valence-electron chi connectivity index (χ1n) is 11.3. The first-order chi connectivity index (χ1) is 15.7. The molecule has 1 amide bonds. The molecule has 168 valence electrons. The van der Waals surface area contributed by atoms with Gasteiger partial charge in [0.25, 0.3) is 0 Å². The molecule has 2 N–H and O–H groups in total. The van der Waals surface area contributed by atoms with E-state index in [1.807, 2.05) is 78.9 Å². The van der Waals surface area contributed by atoms with Crippen molar-refractivity contribution in [1.29, 1.82) is 0 Å². The molecular formula is C27H32N2O3. The minimum atomic E-state index is -0.112. The third-order valence-electron chi connectivity index (χ3n) is 4.94. The van der Waals surface area contributed by atoms with Crippen LogP contribution in [0.3, 0.4) is 0 Å². The smallest absolute Gasteiger partial charge is 0.243 e. The summed E-state index contributed by atoms with van der Waals surface area (Å²) in [6, 6.07) is 24.6. The summed E-state index contributed by atoms with van der Waals surface area (Å²) in [7, 11) is 0. The van der Waals surface area contributed by atoms with Crippen LogP contribution in [0.15, 0.2) is 78.9 Å². The zero-order valence-electron chi connectivity index (χ0n) is 18.7. The second-order valence-corrected chi connectivity index (χ2v) is 7.63. The Labute approximate surface area is 190 Å². The molecule has 0 aliphatic carbocycles. The lowest BCUT2D eigenvalue weighted by Crippen LogP contribution is -2.21. The van der Waals surface area contributed by atoms with Gasteiger partial charge in [-0.2, -0.15) is 0 Å². The van der Waals surface area contributed by atoms with Crippen molar-refractivity contribution >= 4 is 17.3 Å². The molecular weight excluding hydrogens is 400 g/mol. The van der Waals surface area contributed by atoms with Gasteiger partial charge in [-0.3, -0.25) is 4.79 Å². The number of anilines is 2. The molecule has 0 saturated heterocycles. The lowest BCUT2D eigenvalue weighted by molar-refractivity contribution is -0.114. The average molecular weight is 433 g/mol. The van der Waals surface area contributed by atoms with Crippen molar-refractivity contribution in [2.24, 2.45) is 0 Å². The van der Waals surface area contributed by atoms with Gasteiger partial charge in [0.15, 0.2) is 0 Å². The third-order valence-corrected chi connectivity index (χ3v) is 4.94. The van der Waals surface area contributed by atoms with Crippen LogP contribution < -0.4 is 20.1 Å². The summed E-state index contributed by atoms with van der Waals surface area (Å²) < 4.78 is 11.5. The van der Waals surface area contributed by atoms with Crippen molar-refractivity contribution < 1.29 is 14.3 Å². The summed E-state index contributed by atoms with van der Waals surface area (Å²) in [5.41, 5.74) is 1.60. The summed E-state index contributed by atoms with van der Waals surface area (Å²) in [5, 5.41) is 6.02. The van der Waals surface area contributed by atoms with Crippen molar-refractivity contribution in [3.63, 3.8) is 0 Å². The predicted molar refractivity (Wildman–Crippen MR) is 131 cm³/mol. The molecule has 3 aromatic rings. The van der Waals surface area contributed by atoms with Gasteiger partial charge in [0.05, 0.1) is 13.2 Å². The Morgan fingerprint density at radius 3 is 2.06 bits per heavy atom. The maximum atomic E-state index is 12.2. The maximum absolute atomic E-state index is 12.2. The van der Waals surface area contributed by atoms with Crippen LogP contribution in [-0.2, 0) is 4.79 Å². The van der Waals surface area contributed by atoms with Crippen LogP contribution in [0, 0.1) is 0 Å². The van der Waals surface area contributed by atoms with Crippen molar-refractivity contribution in [2.45, 2.75) is 39.0 Å². The Balaban J connectivity index is 1.36. The van der Waals surface area contributed by atoms with Crippen molar-refractivity contribution in [2.75, 3.05) is 23.8 Å². The number of nitrogens with one attached hydrogen (secondary N) is 2. The number of hydrogen-bond donors (Lipinski definition) is 2. The Morgan fingerprint density at radius 2 is 1.34 bits per heavy atom. The maximum Gasteiger partial charge on any atom is 0.243 e. The average Bonchev–Trinajstić information content (AvgIpc) is 2.82. The van der Waals surface area contributed by atoms with Gasteiger partial charge in [0.1, 0.15) is 17.2 Å². The zero-order valence-corrected chi connectivity index (χ0v) is 18.7. The molecule has 0 saturated carbocycles. The quantitative estimate of drug-likeness (QED) is 0.289. The molecule has 0 atom stereocenters. The van der Waals surface area contributed by atoms with Gasteiger partial charge in [-0.1, -0.05) is 50.8 Å². The molecule has 0 aliphatic heterocycles. The summed E-state index contributed by atoms with van der Waals surface area (Å²) >= 11 is 0. The summed E-state index contributed by atoms with van der Waals surface area (Å²) in [6.45, 7) is 3.12. The lowest BCUT2D eigenvalue weighted by atomic mass is 10.2. The van der Waals surface area contributed by atoms with Gasteiger partial charge in [-0.25, -0.2) is 0 Å². The molecule has 0 unspecified atom stereocenters. The van der Waals surface area contributed by atoms with Gasteiger partial charge < -0.3 is 20.1 Å². The third kappa shape index (κ3) is 8.34. The van der Waals surface area contributed by atoms with Crippen LogP contribution in [0.1, 0.15) is 39.0 Å². The minimum absolute atomic E-state index is 0.112. The van der Waals surface area contributed by atoms with Crippen LogP contribution in [0.25, 0.3) is 0 Å². The topological polar surface area (TPSA) is 59.6 Å². The highest BCUT2D eigenvalue weighted by molar-refractivity contribution is 5.93. The second-order valence-electron chi connectivity index (χ2n) is 7.63. The van der Waals surface area contributed by atoms with Gasteiger partial charge >= 0.3 is 0 Å². The summed E-state index contributed by atoms with van der Waals surface area (Å²) in [6.07, 6.45) is 6.09. The van der Waals surface area contributed by atoms with E-state index in [1.54, 1.807) is 0 Å². The van der Waals surface area contributed by atoms with E-state index in [0.717, 1.165) is 41.7 Å². The zero-order chi connectivity index (χ0) is 22.4. The first-order valence-corrected chi connectivity index (χ1v) is 11.3. The van der Waals surface area contributed by atoms with Crippen molar-refractivity contribution in [1.82, 2.24) is 0 Å². The van der Waals surface area contributed by atoms with E-state index in [2.05, 4.69) is 17.6 Å². The SMILES string of the molecule is CCCCCCCOc1ccc(NC(=O)CNc2ccc(Oc3ccccc3)cc2)cc1. The molecule has 0 fully saturated rings. The van der Waals surface area contributed by atoms with Crippen molar-refractivity contribution in [3.8, 4) is 17.2 Å². The monoisotopic (exact) mass is 432 g/mol. The number of unbranched alkanes of at least 4 members (excludes halogenated alkanes) is 4. The molecule has 0 aromatic heterocycles. The lowest BCUT2D eigenvalue weighted by Gasteiger charge is -2.10. The number of ether oxygens (including phenoxy) is 2. The summed E-state index contributed by atoms with van der Waals surface area (Å²) in [5.74, 6) is 2.25. The van der Waals surface area contributed by atoms with Gasteiger partial charge in [-0.05, 0) is 67.1 Å². The van der Waals surface area contributed by atoms with Crippen LogP contribution in [0.2, 0.25) is 0 Å². The highest BCUT2D eigenvalue weighted by Gasteiger charge is 2.04. The Morgan fingerprint density at radius 1 is 0.719 bits per heavy atom. The van der Waals surface area contributed by atoms with Crippen LogP contribution in [0.5, 0.6) is 17.2 Å². The predicted octanol–water partition coefficient (Wildman–Crippen LogP) is 6.88. The fraction of sp³-hybridized carbons (Fsp3) is 0.296. The van der Waals surface area contributed by atoms with Gasteiger partial charge in [0, 0.05) is 11.4 Å². The van der Waals surface area contributed by atoms with Crippen molar-refractivity contribution in [3.05, 3.63) is 78.9 Å². The van der Waals surface area contributed by atoms with Crippen LogP contribution in [0.4, 0.5) is 11.4 Å². The fourth-order valence-electron chi connectivity index (χ4n) is 3.18. The molecule has 0 radical (unpaired) electrons. The van der Waals surface area contributed by atoms with E-state index in [-0.39, 0.29) is 12.5 Å². The standard InChI is InChI=1S/C27H32N2O3/c1-2-3-4-5-9-20-31-24-16-14-23(15-17-24)29-27(30)21-28-22-12-18-26(19-13-22)32-25-10-7-6-8-11-25/h6-8,10-19,28H,2-5,9,20-21H2,1H3,(H,29,30). The molecule has 5 heteroatoms. The van der Waals surface area contributed by atoms with Crippen LogP contribution in [-0.4, -0.2) is 19.1 Å². The van der Waals surface area contributed by atoms with E-state index in [9.17, 15) is 4.79 Å². The molecule has 3 aromatic carbocycles. The molecule has 0 aliphatic rings. The largest absolute Gasteiger partial charge is 0.494 e. The molecule has 0 heterocycles. The van der Waals surface area contributed by atoms with E-state index in [4.69, 9.17) is 9.47 Å². The van der Waals surface area contributed by atoms with E-state index in [1.165, 1.54) is 25.7 Å². The first kappa shape index (κ1) is 23.2. The number of carbonyl (C=O) groups excluding carboxylic acids is 1. The van der Waals surface area contributed by atoms with Crippen LogP contribution >= 0.6 is 0 Å². The highest BCUT2D eigenvalue weighted by atomic mass is 16.5. The van der Waals surface area contributed by atoms with E-state index in [0.29, 0.717) is 0 Å². The Kier molecular flexibility index (Phi) is 9.46. The number of hydrogen-bond acceptors (Lipinski definition) is 4. The number of para-hydroxylation sites is 1. The summed E-state index contributed by atoms with van der Waals surface area (Å²) in [4.78, 5) is 12.2. The number of amides is 1. The normalized spacial score (nSPS) is 10.4. The number of rotatable bonds is 13. The Bertz CT molecular complexity index is 925.